The molecule has 1 aliphatic heterocycles. The Hall–Kier alpha value is -3.67. The van der Waals surface area contributed by atoms with Gasteiger partial charge in [-0.2, -0.15) is 0 Å². The van der Waals surface area contributed by atoms with Crippen molar-refractivity contribution in [3.63, 3.8) is 0 Å². The summed E-state index contributed by atoms with van der Waals surface area (Å²) in [5.41, 5.74) is 11.4. The van der Waals surface area contributed by atoms with Crippen LogP contribution >= 0.6 is 0 Å². The molecule has 1 saturated heterocycles. The van der Waals surface area contributed by atoms with E-state index in [1.54, 1.807) is 12.1 Å². The lowest BCUT2D eigenvalue weighted by atomic mass is 9.83. The Labute approximate surface area is 234 Å². The van der Waals surface area contributed by atoms with Gasteiger partial charge in [-0.15, -0.1) is 0 Å². The van der Waals surface area contributed by atoms with E-state index in [4.69, 9.17) is 11.5 Å². The van der Waals surface area contributed by atoms with Gasteiger partial charge in [-0.1, -0.05) is 19.1 Å². The third kappa shape index (κ3) is 8.41. The molecule has 0 spiro atoms. The largest absolute Gasteiger partial charge is 0.508 e. The molecule has 1 aliphatic carbocycles. The Kier molecular flexibility index (Phi) is 11.3. The number of nitrogens with zero attached hydrogens (tertiary/aromatic N) is 2. The first-order valence-corrected chi connectivity index (χ1v) is 14.0. The number of phenols is 1. The smallest absolute Gasteiger partial charge is 0.246 e. The molecule has 1 aromatic carbocycles. The van der Waals surface area contributed by atoms with E-state index in [0.29, 0.717) is 57.8 Å². The molecule has 0 bridgehead atoms. The zero-order valence-electron chi connectivity index (χ0n) is 23.0. The summed E-state index contributed by atoms with van der Waals surface area (Å²) in [6, 6.07) is 3.45. The number of aromatic hydroxyl groups is 1. The molecule has 1 aromatic rings. The van der Waals surface area contributed by atoms with Crippen LogP contribution in [0.15, 0.2) is 29.3 Å². The minimum Gasteiger partial charge on any atom is -0.508 e. The molecular weight excluding hydrogens is 516 g/mol. The number of fused-ring (bicyclic) bond motifs is 1. The van der Waals surface area contributed by atoms with E-state index in [9.17, 15) is 29.4 Å². The monoisotopic (exact) mass is 558 g/mol. The van der Waals surface area contributed by atoms with Crippen molar-refractivity contribution >= 4 is 30.0 Å². The van der Waals surface area contributed by atoms with Gasteiger partial charge in [0.25, 0.3) is 0 Å². The number of hydrogen-bond donors (Lipinski definition) is 6. The van der Waals surface area contributed by atoms with Gasteiger partial charge in [0.05, 0.1) is 12.1 Å². The minimum absolute atomic E-state index is 0.0142. The highest BCUT2D eigenvalue weighted by molar-refractivity contribution is 5.93. The predicted molar refractivity (Wildman–Crippen MR) is 149 cm³/mol. The van der Waals surface area contributed by atoms with Gasteiger partial charge in [0.15, 0.2) is 5.96 Å². The summed E-state index contributed by atoms with van der Waals surface area (Å²) in [6.45, 7) is 2.18. The van der Waals surface area contributed by atoms with E-state index >= 15 is 0 Å². The maximum absolute atomic E-state index is 14.2. The van der Waals surface area contributed by atoms with Crippen molar-refractivity contribution in [3.05, 3.63) is 29.8 Å². The highest BCUT2D eigenvalue weighted by Gasteiger charge is 2.50. The summed E-state index contributed by atoms with van der Waals surface area (Å²) in [5, 5.41) is 25.7. The van der Waals surface area contributed by atoms with Crippen molar-refractivity contribution in [2.24, 2.45) is 22.4 Å². The molecule has 40 heavy (non-hydrogen) atoms. The maximum atomic E-state index is 14.2. The summed E-state index contributed by atoms with van der Waals surface area (Å²) in [7, 11) is 0. The van der Waals surface area contributed by atoms with Crippen molar-refractivity contribution in [2.75, 3.05) is 6.54 Å². The van der Waals surface area contributed by atoms with Crippen LogP contribution in [0.4, 0.5) is 0 Å². The van der Waals surface area contributed by atoms with Crippen molar-refractivity contribution in [3.8, 4) is 5.75 Å². The second-order valence-corrected chi connectivity index (χ2v) is 10.7. The van der Waals surface area contributed by atoms with Gasteiger partial charge >= 0.3 is 0 Å². The van der Waals surface area contributed by atoms with Crippen LogP contribution in [-0.4, -0.2) is 81.9 Å². The number of amides is 3. The number of guanidine groups is 1. The molecule has 3 amide bonds. The van der Waals surface area contributed by atoms with E-state index < -0.39 is 36.0 Å². The molecule has 2 unspecified atom stereocenters. The molecule has 220 valence electrons. The summed E-state index contributed by atoms with van der Waals surface area (Å²) in [5.74, 6) is -1.08. The van der Waals surface area contributed by atoms with Crippen LogP contribution in [0.3, 0.4) is 0 Å². The van der Waals surface area contributed by atoms with Gasteiger partial charge in [-0.05, 0) is 68.6 Å². The fourth-order valence-corrected chi connectivity index (χ4v) is 5.70. The van der Waals surface area contributed by atoms with E-state index in [0.717, 1.165) is 5.56 Å². The lowest BCUT2D eigenvalue weighted by molar-refractivity contribution is -0.144. The first-order valence-electron chi connectivity index (χ1n) is 14.0. The number of nitrogens with two attached hydrogens (primary N) is 2. The fraction of sp³-hybridized carbons (Fsp3) is 0.607. The Morgan fingerprint density at radius 2 is 1.88 bits per heavy atom. The van der Waals surface area contributed by atoms with Crippen LogP contribution in [0, 0.1) is 5.92 Å². The number of aliphatic hydroxyl groups excluding tert-OH is 1. The normalized spacial score (nSPS) is 23.4. The highest BCUT2D eigenvalue weighted by Crippen LogP contribution is 2.40. The standard InChI is InChI=1S/C28H42N6O6/c1-2-4-25(38)33-22(13-17-6-9-20(36)10-7-17)27(40)34-23-15-21(37)11-8-18(23)14-24(34)26(39)32-19(16-35)5-3-12-31-28(29)30/h6-7,9-10,16,18-19,21-24,36-37H,2-5,8,11-15H2,1H3,(H,32,39)(H,33,38)(H4,29,30,31)/t18-,19?,21?,22-,23-,24-/m0/s1. The average Bonchev–Trinajstić information content (AvgIpc) is 3.29. The summed E-state index contributed by atoms with van der Waals surface area (Å²) >= 11 is 0. The molecule has 12 nitrogen and oxygen atoms in total. The fourth-order valence-electron chi connectivity index (χ4n) is 5.70. The number of carbonyl (C=O) groups is 4. The number of carbonyl (C=O) groups excluding carboxylic acids is 4. The predicted octanol–water partition coefficient (Wildman–Crippen LogP) is 0.0874. The number of aldehydes is 1. The Morgan fingerprint density at radius 1 is 1.15 bits per heavy atom. The van der Waals surface area contributed by atoms with Crippen LogP contribution < -0.4 is 22.1 Å². The quantitative estimate of drug-likeness (QED) is 0.0846. The van der Waals surface area contributed by atoms with Crippen LogP contribution in [0.25, 0.3) is 0 Å². The van der Waals surface area contributed by atoms with Crippen LogP contribution in [0.1, 0.15) is 63.9 Å². The number of benzene rings is 1. The van der Waals surface area contributed by atoms with Crippen molar-refractivity contribution in [2.45, 2.75) is 95.0 Å². The van der Waals surface area contributed by atoms with Crippen molar-refractivity contribution in [1.29, 1.82) is 0 Å². The first kappa shape index (κ1) is 30.9. The van der Waals surface area contributed by atoms with Gasteiger partial charge in [-0.3, -0.25) is 19.4 Å². The molecular formula is C28H42N6O6. The van der Waals surface area contributed by atoms with Gasteiger partial charge in [-0.25, -0.2) is 0 Å². The van der Waals surface area contributed by atoms with E-state index in [1.807, 2.05) is 6.92 Å². The second kappa shape index (κ2) is 14.6. The summed E-state index contributed by atoms with van der Waals surface area (Å²) in [4.78, 5) is 57.5. The van der Waals surface area contributed by atoms with Crippen LogP contribution in [0.5, 0.6) is 5.75 Å². The maximum Gasteiger partial charge on any atom is 0.246 e. The summed E-state index contributed by atoms with van der Waals surface area (Å²) < 4.78 is 0. The minimum atomic E-state index is -0.946. The molecule has 0 radical (unpaired) electrons. The molecule has 1 saturated carbocycles. The van der Waals surface area contributed by atoms with Gasteiger partial charge in [0, 0.05) is 25.4 Å². The van der Waals surface area contributed by atoms with Gasteiger partial charge in [0.1, 0.15) is 24.1 Å². The highest BCUT2D eigenvalue weighted by atomic mass is 16.3. The lowest BCUT2D eigenvalue weighted by Gasteiger charge is -2.37. The Bertz CT molecular complexity index is 1060. The SMILES string of the molecule is CCCC(=O)N[C@@H](Cc1ccc(O)cc1)C(=O)N1[C@H](C(=O)NC(C=O)CCCN=C(N)N)C[C@@H]2CCC(O)C[C@@H]21. The second-order valence-electron chi connectivity index (χ2n) is 10.7. The number of phenolic OH excluding ortho intramolecular Hbond substituents is 1. The molecule has 0 aromatic heterocycles. The zero-order valence-corrected chi connectivity index (χ0v) is 23.0. The number of nitrogens with one attached hydrogen (secondary N) is 2. The van der Waals surface area contributed by atoms with Crippen molar-refractivity contribution < 1.29 is 29.4 Å². The van der Waals surface area contributed by atoms with E-state index in [-0.39, 0.29) is 42.4 Å². The summed E-state index contributed by atoms with van der Waals surface area (Å²) in [6.07, 6.45) is 3.88. The molecule has 2 fully saturated rings. The van der Waals surface area contributed by atoms with Gasteiger partial charge in [0.2, 0.25) is 17.7 Å². The van der Waals surface area contributed by atoms with Crippen LogP contribution in [-0.2, 0) is 25.6 Å². The number of likely N-dealkylation sites (tertiary alicyclic amines) is 1. The molecule has 2 aliphatic rings. The average molecular weight is 559 g/mol. The zero-order chi connectivity index (χ0) is 29.2. The molecule has 6 atom stereocenters. The number of rotatable bonds is 13. The Morgan fingerprint density at radius 3 is 2.52 bits per heavy atom. The van der Waals surface area contributed by atoms with Crippen LogP contribution in [0.2, 0.25) is 0 Å². The first-order chi connectivity index (χ1) is 19.1. The Balaban J connectivity index is 1.84. The molecule has 1 heterocycles. The topological polar surface area (TPSA) is 200 Å². The van der Waals surface area contributed by atoms with E-state index in [2.05, 4.69) is 15.6 Å². The number of hydrogen-bond acceptors (Lipinski definition) is 7. The molecule has 3 rings (SSSR count). The van der Waals surface area contributed by atoms with Gasteiger partial charge < -0.3 is 42.0 Å². The third-order valence-electron chi connectivity index (χ3n) is 7.65. The van der Waals surface area contributed by atoms with Crippen molar-refractivity contribution in [1.82, 2.24) is 15.5 Å². The molecule has 12 heteroatoms. The lowest BCUT2D eigenvalue weighted by Crippen LogP contribution is -2.58. The number of aliphatic imine (C=N–C) groups is 1. The van der Waals surface area contributed by atoms with E-state index in [1.165, 1.54) is 17.0 Å². The number of aliphatic hydroxyl groups is 1. The molecule has 8 N–H and O–H groups in total. The third-order valence-corrected chi connectivity index (χ3v) is 7.65.